The summed E-state index contributed by atoms with van der Waals surface area (Å²) in [6.07, 6.45) is 1.42. The van der Waals surface area contributed by atoms with Crippen molar-refractivity contribution < 1.29 is 13.9 Å². The molecule has 27 heavy (non-hydrogen) atoms. The Morgan fingerprint density at radius 3 is 2.67 bits per heavy atom. The van der Waals surface area contributed by atoms with Crippen LogP contribution in [0.25, 0.3) is 0 Å². The van der Waals surface area contributed by atoms with E-state index in [2.05, 4.69) is 29.0 Å². The maximum absolute atomic E-state index is 12.2. The molecule has 1 heterocycles. The number of nitrogens with zero attached hydrogens (tertiary/aromatic N) is 3. The third kappa shape index (κ3) is 6.37. The Labute approximate surface area is 161 Å². The molecule has 0 saturated carbocycles. The van der Waals surface area contributed by atoms with Crippen LogP contribution in [0.1, 0.15) is 35.8 Å². The number of para-hydroxylation sites is 1. The van der Waals surface area contributed by atoms with Crippen LogP contribution < -0.4 is 10.1 Å². The summed E-state index contributed by atoms with van der Waals surface area (Å²) in [5.41, 5.74) is 1.41. The minimum atomic E-state index is -0.215. The molecule has 0 radical (unpaired) electrons. The van der Waals surface area contributed by atoms with Gasteiger partial charge in [0.05, 0.1) is 13.7 Å². The summed E-state index contributed by atoms with van der Waals surface area (Å²) in [4.78, 5) is 20.7. The van der Waals surface area contributed by atoms with Gasteiger partial charge in [0.1, 0.15) is 12.0 Å². The van der Waals surface area contributed by atoms with E-state index in [1.54, 1.807) is 7.11 Å². The zero-order valence-corrected chi connectivity index (χ0v) is 16.9. The van der Waals surface area contributed by atoms with E-state index in [4.69, 9.17) is 9.15 Å². The number of hydrogen-bond donors (Lipinski definition) is 1. The van der Waals surface area contributed by atoms with Gasteiger partial charge in [-0.3, -0.25) is 9.69 Å². The fraction of sp³-hybridized carbons (Fsp3) is 0.500. The number of hydrogen-bond acceptors (Lipinski definition) is 6. The number of aromatic nitrogens is 1. The summed E-state index contributed by atoms with van der Waals surface area (Å²) < 4.78 is 11.0. The lowest BCUT2D eigenvalue weighted by molar-refractivity contribution is 0.0946. The van der Waals surface area contributed by atoms with Crippen LogP contribution in [0.4, 0.5) is 0 Å². The molecule has 0 saturated heterocycles. The van der Waals surface area contributed by atoms with Gasteiger partial charge in [-0.05, 0) is 34.0 Å². The monoisotopic (exact) mass is 374 g/mol. The van der Waals surface area contributed by atoms with Crippen LogP contribution in [0.2, 0.25) is 0 Å². The van der Waals surface area contributed by atoms with Gasteiger partial charge in [0, 0.05) is 31.2 Å². The molecule has 1 N–H and O–H groups in total. The van der Waals surface area contributed by atoms with E-state index < -0.39 is 0 Å². The Bertz CT molecular complexity index is 728. The highest BCUT2D eigenvalue weighted by Gasteiger charge is 2.18. The minimum Gasteiger partial charge on any atom is -0.496 e. The molecule has 148 valence electrons. The van der Waals surface area contributed by atoms with E-state index >= 15 is 0 Å². The molecule has 0 bridgehead atoms. The maximum Gasteiger partial charge on any atom is 0.273 e. The highest BCUT2D eigenvalue weighted by molar-refractivity contribution is 5.91. The molecule has 2 aromatic rings. The van der Waals surface area contributed by atoms with Gasteiger partial charge in [0.2, 0.25) is 5.89 Å². The van der Waals surface area contributed by atoms with E-state index in [0.29, 0.717) is 31.2 Å². The number of amides is 1. The Kier molecular flexibility index (Phi) is 7.82. The molecule has 0 aliphatic heterocycles. The first-order chi connectivity index (χ1) is 12.9. The fourth-order valence-electron chi connectivity index (χ4n) is 2.62. The van der Waals surface area contributed by atoms with Gasteiger partial charge >= 0.3 is 0 Å². The van der Waals surface area contributed by atoms with Gasteiger partial charge in [-0.1, -0.05) is 18.2 Å². The Morgan fingerprint density at radius 2 is 2.00 bits per heavy atom. The number of likely N-dealkylation sites (N-methyl/N-ethyl adjacent to an activating group) is 1. The van der Waals surface area contributed by atoms with Gasteiger partial charge in [0.25, 0.3) is 5.91 Å². The van der Waals surface area contributed by atoms with Crippen molar-refractivity contribution >= 4 is 5.91 Å². The van der Waals surface area contributed by atoms with Crippen LogP contribution in [-0.4, -0.2) is 61.0 Å². The summed E-state index contributed by atoms with van der Waals surface area (Å²) in [5.74, 6) is 1.17. The fourth-order valence-corrected chi connectivity index (χ4v) is 2.62. The van der Waals surface area contributed by atoms with E-state index in [-0.39, 0.29) is 11.9 Å². The van der Waals surface area contributed by atoms with Crippen molar-refractivity contribution in [1.29, 1.82) is 0 Å². The van der Waals surface area contributed by atoms with Crippen molar-refractivity contribution in [3.05, 3.63) is 47.7 Å². The summed E-state index contributed by atoms with van der Waals surface area (Å²) in [6, 6.07) is 8.23. The third-order valence-electron chi connectivity index (χ3n) is 4.26. The van der Waals surface area contributed by atoms with Crippen molar-refractivity contribution in [3.63, 3.8) is 0 Å². The summed E-state index contributed by atoms with van der Waals surface area (Å²) in [7, 11) is 5.60. The molecule has 1 aromatic heterocycles. The van der Waals surface area contributed by atoms with Crippen LogP contribution in [-0.2, 0) is 13.1 Å². The number of ether oxygens (including phenoxy) is 1. The minimum absolute atomic E-state index is 0.215. The number of nitrogens with one attached hydrogen (secondary N) is 1. The summed E-state index contributed by atoms with van der Waals surface area (Å²) in [6.45, 7) is 6.80. The SMILES string of the molecule is COc1ccccc1CN(Cc1nc(C(=O)NCCN(C)C)co1)C(C)C. The number of carbonyl (C=O) groups excluding carboxylic acids is 1. The Hall–Kier alpha value is -2.38. The first-order valence-corrected chi connectivity index (χ1v) is 9.14. The number of benzene rings is 1. The number of oxazole rings is 1. The molecular weight excluding hydrogens is 344 g/mol. The van der Waals surface area contributed by atoms with Crippen molar-refractivity contribution in [2.24, 2.45) is 0 Å². The number of methoxy groups -OCH3 is 1. The molecule has 0 fully saturated rings. The highest BCUT2D eigenvalue weighted by Crippen LogP contribution is 2.21. The second kappa shape index (κ2) is 10.1. The van der Waals surface area contributed by atoms with Gasteiger partial charge in [0.15, 0.2) is 5.69 Å². The predicted molar refractivity (Wildman–Crippen MR) is 105 cm³/mol. The molecule has 0 unspecified atom stereocenters. The average Bonchev–Trinajstić information content (AvgIpc) is 3.10. The number of carbonyl (C=O) groups is 1. The second-order valence-corrected chi connectivity index (χ2v) is 7.00. The van der Waals surface area contributed by atoms with Crippen molar-refractivity contribution in [2.45, 2.75) is 33.0 Å². The topological polar surface area (TPSA) is 70.8 Å². The molecule has 0 aliphatic rings. The maximum atomic E-state index is 12.2. The molecule has 7 heteroatoms. The Balaban J connectivity index is 2.00. The largest absolute Gasteiger partial charge is 0.496 e. The molecule has 0 spiro atoms. The lowest BCUT2D eigenvalue weighted by atomic mass is 10.1. The van der Waals surface area contributed by atoms with Gasteiger partial charge in [-0.15, -0.1) is 0 Å². The van der Waals surface area contributed by atoms with Crippen LogP contribution >= 0.6 is 0 Å². The molecular formula is C20H30N4O3. The Morgan fingerprint density at radius 1 is 1.26 bits per heavy atom. The zero-order chi connectivity index (χ0) is 19.8. The normalized spacial score (nSPS) is 11.4. The quantitative estimate of drug-likeness (QED) is 0.689. The molecule has 1 aromatic carbocycles. The van der Waals surface area contributed by atoms with E-state index in [0.717, 1.165) is 17.9 Å². The zero-order valence-electron chi connectivity index (χ0n) is 16.9. The van der Waals surface area contributed by atoms with Crippen LogP contribution in [0.15, 0.2) is 34.9 Å². The van der Waals surface area contributed by atoms with Gasteiger partial charge in [-0.2, -0.15) is 0 Å². The first kappa shape index (κ1) is 20.9. The molecule has 2 rings (SSSR count). The van der Waals surface area contributed by atoms with E-state index in [1.807, 2.05) is 43.3 Å². The predicted octanol–water partition coefficient (Wildman–Crippen LogP) is 2.39. The standard InChI is InChI=1S/C20H30N4O3/c1-15(2)24(12-16-8-6-7-9-18(16)26-5)13-19-22-17(14-27-19)20(25)21-10-11-23(3)4/h6-9,14-15H,10-13H2,1-5H3,(H,21,25). The molecule has 0 aliphatic carbocycles. The summed E-state index contributed by atoms with van der Waals surface area (Å²) in [5, 5.41) is 2.84. The van der Waals surface area contributed by atoms with Gasteiger partial charge in [-0.25, -0.2) is 4.98 Å². The van der Waals surface area contributed by atoms with Crippen molar-refractivity contribution in [1.82, 2.24) is 20.1 Å². The smallest absolute Gasteiger partial charge is 0.273 e. The van der Waals surface area contributed by atoms with Crippen LogP contribution in [0.5, 0.6) is 5.75 Å². The molecule has 0 atom stereocenters. The average molecular weight is 374 g/mol. The second-order valence-electron chi connectivity index (χ2n) is 7.00. The van der Waals surface area contributed by atoms with Crippen LogP contribution in [0, 0.1) is 0 Å². The third-order valence-corrected chi connectivity index (χ3v) is 4.26. The van der Waals surface area contributed by atoms with Crippen molar-refractivity contribution in [3.8, 4) is 5.75 Å². The van der Waals surface area contributed by atoms with Crippen molar-refractivity contribution in [2.75, 3.05) is 34.3 Å². The highest BCUT2D eigenvalue weighted by atomic mass is 16.5. The lowest BCUT2D eigenvalue weighted by Crippen LogP contribution is -2.32. The van der Waals surface area contributed by atoms with Crippen LogP contribution in [0.3, 0.4) is 0 Å². The number of rotatable bonds is 10. The lowest BCUT2D eigenvalue weighted by Gasteiger charge is -2.25. The summed E-state index contributed by atoms with van der Waals surface area (Å²) >= 11 is 0. The first-order valence-electron chi connectivity index (χ1n) is 9.14. The van der Waals surface area contributed by atoms with Gasteiger partial charge < -0.3 is 19.4 Å². The van der Waals surface area contributed by atoms with E-state index in [9.17, 15) is 4.79 Å². The van der Waals surface area contributed by atoms with E-state index in [1.165, 1.54) is 6.26 Å². The molecule has 7 nitrogen and oxygen atoms in total. The molecule has 1 amide bonds.